The molecule has 2 atom stereocenters. The van der Waals surface area contributed by atoms with E-state index in [1.807, 2.05) is 0 Å². The van der Waals surface area contributed by atoms with Crippen LogP contribution in [0.15, 0.2) is 12.1 Å². The van der Waals surface area contributed by atoms with Crippen LogP contribution in [0.4, 0.5) is 13.2 Å². The maximum atomic E-state index is 13.6. The van der Waals surface area contributed by atoms with Crippen molar-refractivity contribution in [2.24, 2.45) is 5.14 Å². The summed E-state index contributed by atoms with van der Waals surface area (Å²) in [5.74, 6) is -3.24. The molecule has 1 aromatic carbocycles. The smallest absolute Gasteiger partial charge is 0.213 e. The van der Waals surface area contributed by atoms with Crippen LogP contribution in [0.25, 0.3) is 0 Å². The van der Waals surface area contributed by atoms with E-state index in [2.05, 4.69) is 5.32 Å². The minimum absolute atomic E-state index is 0.00762. The maximum Gasteiger partial charge on any atom is 0.213 e. The van der Waals surface area contributed by atoms with Gasteiger partial charge in [0, 0.05) is 24.2 Å². The molecule has 0 radical (unpaired) electrons. The molecule has 0 bridgehead atoms. The molecule has 1 aliphatic heterocycles. The third-order valence-electron chi connectivity index (χ3n) is 3.25. The van der Waals surface area contributed by atoms with E-state index in [9.17, 15) is 21.6 Å². The molecule has 1 fully saturated rings. The molecule has 1 aromatic rings. The summed E-state index contributed by atoms with van der Waals surface area (Å²) in [5, 5.41) is 7.07. The van der Waals surface area contributed by atoms with Crippen LogP contribution in [0.1, 0.15) is 24.4 Å². The molecule has 4 nitrogen and oxygen atoms in total. The molecule has 0 amide bonds. The van der Waals surface area contributed by atoms with Crippen molar-refractivity contribution in [1.29, 1.82) is 0 Å². The van der Waals surface area contributed by atoms with Crippen LogP contribution in [-0.4, -0.2) is 20.2 Å². The normalized spacial score (nSPS) is 24.4. The highest BCUT2D eigenvalue weighted by atomic mass is 32.2. The van der Waals surface area contributed by atoms with Crippen molar-refractivity contribution < 1.29 is 21.6 Å². The Kier molecular flexibility index (Phi) is 3.84. The van der Waals surface area contributed by atoms with Gasteiger partial charge >= 0.3 is 0 Å². The van der Waals surface area contributed by atoms with Crippen molar-refractivity contribution in [3.63, 3.8) is 0 Å². The molecule has 1 aliphatic rings. The molecule has 2 unspecified atom stereocenters. The van der Waals surface area contributed by atoms with Crippen LogP contribution >= 0.6 is 0 Å². The topological polar surface area (TPSA) is 72.2 Å². The predicted molar refractivity (Wildman–Crippen MR) is 63.2 cm³/mol. The number of hydrogen-bond acceptors (Lipinski definition) is 3. The molecule has 0 saturated carbocycles. The second-order valence-electron chi connectivity index (χ2n) is 4.54. The number of halogens is 3. The maximum absolute atomic E-state index is 13.6. The highest BCUT2D eigenvalue weighted by molar-refractivity contribution is 7.89. The molecule has 1 saturated heterocycles. The minimum Gasteiger partial charge on any atom is -0.308 e. The van der Waals surface area contributed by atoms with Crippen molar-refractivity contribution in [2.45, 2.75) is 24.1 Å². The van der Waals surface area contributed by atoms with Gasteiger partial charge in [0.1, 0.15) is 5.82 Å². The Morgan fingerprint density at radius 2 is 1.74 bits per heavy atom. The molecule has 19 heavy (non-hydrogen) atoms. The van der Waals surface area contributed by atoms with E-state index in [1.54, 1.807) is 0 Å². The Hall–Kier alpha value is -1.12. The van der Waals surface area contributed by atoms with Crippen molar-refractivity contribution >= 4 is 10.0 Å². The van der Waals surface area contributed by atoms with Crippen molar-refractivity contribution in [2.75, 3.05) is 6.54 Å². The highest BCUT2D eigenvalue weighted by Gasteiger charge is 2.30. The number of sulfonamides is 1. The van der Waals surface area contributed by atoms with Crippen LogP contribution in [0.3, 0.4) is 0 Å². The Morgan fingerprint density at radius 1 is 1.11 bits per heavy atom. The summed E-state index contributed by atoms with van der Waals surface area (Å²) in [7, 11) is -3.65. The Bertz CT molecular complexity index is 584. The Labute approximate surface area is 108 Å². The molecule has 1 heterocycles. The molecule has 106 valence electrons. The number of nitrogens with one attached hydrogen (secondary N) is 1. The summed E-state index contributed by atoms with van der Waals surface area (Å²) in [6.07, 6.45) is 0.526. The van der Waals surface area contributed by atoms with Gasteiger partial charge in [0.2, 0.25) is 10.0 Å². The quantitative estimate of drug-likeness (QED) is 0.805. The van der Waals surface area contributed by atoms with E-state index in [-0.39, 0.29) is 24.9 Å². The van der Waals surface area contributed by atoms with E-state index < -0.39 is 38.8 Å². The fourth-order valence-corrected chi connectivity index (χ4v) is 2.97. The number of benzene rings is 1. The van der Waals surface area contributed by atoms with E-state index in [1.165, 1.54) is 0 Å². The lowest BCUT2D eigenvalue weighted by atomic mass is 9.96. The molecular formula is C11H13F3N2O2S. The average Bonchev–Trinajstić information content (AvgIpc) is 2.33. The van der Waals surface area contributed by atoms with Crippen molar-refractivity contribution in [1.82, 2.24) is 5.32 Å². The number of primary sulfonamides is 1. The minimum atomic E-state index is -3.65. The van der Waals surface area contributed by atoms with Crippen molar-refractivity contribution in [3.05, 3.63) is 35.1 Å². The first-order valence-corrected chi connectivity index (χ1v) is 7.29. The fraction of sp³-hybridized carbons (Fsp3) is 0.455. The van der Waals surface area contributed by atoms with Crippen LogP contribution < -0.4 is 10.5 Å². The molecule has 3 N–H and O–H groups in total. The summed E-state index contributed by atoms with van der Waals surface area (Å²) >= 11 is 0. The molecule has 8 heteroatoms. The van der Waals surface area contributed by atoms with E-state index in [4.69, 9.17) is 5.14 Å². The van der Waals surface area contributed by atoms with E-state index >= 15 is 0 Å². The highest BCUT2D eigenvalue weighted by Crippen LogP contribution is 2.28. The summed E-state index contributed by atoms with van der Waals surface area (Å²) in [4.78, 5) is 0. The Morgan fingerprint density at radius 3 is 2.26 bits per heavy atom. The van der Waals surface area contributed by atoms with E-state index in [0.717, 1.165) is 6.07 Å². The Balaban J connectivity index is 2.16. The van der Waals surface area contributed by atoms with Gasteiger partial charge in [0.25, 0.3) is 0 Å². The lowest BCUT2D eigenvalue weighted by Gasteiger charge is -2.29. The summed E-state index contributed by atoms with van der Waals surface area (Å²) in [6.45, 7) is 0.0575. The third-order valence-corrected chi connectivity index (χ3v) is 4.58. The van der Waals surface area contributed by atoms with Gasteiger partial charge in [-0.15, -0.1) is 0 Å². The first-order chi connectivity index (χ1) is 8.79. The monoisotopic (exact) mass is 294 g/mol. The zero-order chi connectivity index (χ0) is 14.2. The van der Waals surface area contributed by atoms with Gasteiger partial charge in [-0.3, -0.25) is 0 Å². The summed E-state index contributed by atoms with van der Waals surface area (Å²) in [5.41, 5.74) is -0.00762. The van der Waals surface area contributed by atoms with Gasteiger partial charge in [-0.1, -0.05) is 0 Å². The lowest BCUT2D eigenvalue weighted by molar-refractivity contribution is 0.391. The van der Waals surface area contributed by atoms with Gasteiger partial charge in [-0.05, 0) is 18.9 Å². The van der Waals surface area contributed by atoms with Gasteiger partial charge < -0.3 is 5.32 Å². The van der Waals surface area contributed by atoms with Gasteiger partial charge in [-0.2, -0.15) is 0 Å². The van der Waals surface area contributed by atoms with Crippen LogP contribution in [0, 0.1) is 17.5 Å². The number of piperidine rings is 1. The van der Waals surface area contributed by atoms with Crippen LogP contribution in [-0.2, 0) is 10.0 Å². The standard InChI is InChI=1S/C11H13F3N2O2S/c12-8-4-10(14)9(13)3-7(8)11-2-1-6(5-16-11)19(15,17)18/h3-4,6,11,16H,1-2,5H2,(H2,15,17,18). The van der Waals surface area contributed by atoms with Crippen molar-refractivity contribution in [3.8, 4) is 0 Å². The number of hydrogen-bond donors (Lipinski definition) is 2. The van der Waals surface area contributed by atoms with Crippen LogP contribution in [0.5, 0.6) is 0 Å². The third kappa shape index (κ3) is 3.07. The number of nitrogens with two attached hydrogens (primary N) is 1. The second kappa shape index (κ2) is 5.10. The zero-order valence-corrected chi connectivity index (χ0v) is 10.7. The zero-order valence-electron chi connectivity index (χ0n) is 9.87. The molecule has 0 aliphatic carbocycles. The first kappa shape index (κ1) is 14.3. The van der Waals surface area contributed by atoms with Gasteiger partial charge in [0.05, 0.1) is 5.25 Å². The summed E-state index contributed by atoms with van der Waals surface area (Å²) in [6, 6.07) is 0.727. The molecular weight excluding hydrogens is 281 g/mol. The SMILES string of the molecule is NS(=O)(=O)C1CCC(c2cc(F)c(F)cc2F)NC1. The molecule has 2 rings (SSSR count). The molecule has 0 aromatic heterocycles. The lowest BCUT2D eigenvalue weighted by Crippen LogP contribution is -2.43. The second-order valence-corrected chi connectivity index (χ2v) is 6.38. The average molecular weight is 294 g/mol. The van der Waals surface area contributed by atoms with E-state index in [0.29, 0.717) is 6.07 Å². The number of rotatable bonds is 2. The molecule has 0 spiro atoms. The predicted octanol–water partition coefficient (Wildman–Crippen LogP) is 1.19. The summed E-state index contributed by atoms with van der Waals surface area (Å²) < 4.78 is 61.8. The van der Waals surface area contributed by atoms with Crippen LogP contribution in [0.2, 0.25) is 0 Å². The largest absolute Gasteiger partial charge is 0.308 e. The van der Waals surface area contributed by atoms with Gasteiger partial charge in [0.15, 0.2) is 11.6 Å². The first-order valence-electron chi connectivity index (χ1n) is 5.68. The fourth-order valence-electron chi connectivity index (χ4n) is 2.18. The van der Waals surface area contributed by atoms with Gasteiger partial charge in [-0.25, -0.2) is 26.7 Å².